The van der Waals surface area contributed by atoms with Gasteiger partial charge in [0.25, 0.3) is 0 Å². The maximum absolute atomic E-state index is 12.4. The quantitative estimate of drug-likeness (QED) is 0.597. The van der Waals surface area contributed by atoms with Crippen molar-refractivity contribution in [2.75, 3.05) is 31.2 Å². The molecule has 0 spiro atoms. The Bertz CT molecular complexity index is 1160. The van der Waals surface area contributed by atoms with Gasteiger partial charge in [-0.25, -0.2) is 19.3 Å². The van der Waals surface area contributed by atoms with Crippen LogP contribution in [0.5, 0.6) is 0 Å². The number of nitrogens with zero attached hydrogens (tertiary/aromatic N) is 4. The smallest absolute Gasteiger partial charge is 0.333 e. The van der Waals surface area contributed by atoms with Crippen molar-refractivity contribution in [3.8, 4) is 16.9 Å². The first-order valence-electron chi connectivity index (χ1n) is 9.26. The minimum atomic E-state index is -0.249. The van der Waals surface area contributed by atoms with Gasteiger partial charge >= 0.3 is 5.69 Å². The van der Waals surface area contributed by atoms with E-state index in [1.165, 1.54) is 10.3 Å². The van der Waals surface area contributed by atoms with Gasteiger partial charge in [-0.05, 0) is 24.3 Å². The third kappa shape index (κ3) is 2.95. The minimum Gasteiger partial charge on any atom is -0.378 e. The van der Waals surface area contributed by atoms with E-state index in [-0.39, 0.29) is 5.69 Å². The highest BCUT2D eigenvalue weighted by atomic mass is 16.5. The predicted molar refractivity (Wildman–Crippen MR) is 108 cm³/mol. The monoisotopic (exact) mass is 373 g/mol. The van der Waals surface area contributed by atoms with E-state index in [1.54, 1.807) is 6.20 Å². The van der Waals surface area contributed by atoms with E-state index >= 15 is 0 Å². The summed E-state index contributed by atoms with van der Waals surface area (Å²) in [4.78, 5) is 26.7. The summed E-state index contributed by atoms with van der Waals surface area (Å²) < 4.78 is 6.94. The van der Waals surface area contributed by atoms with E-state index in [4.69, 9.17) is 4.74 Å². The Morgan fingerprint density at radius 1 is 0.929 bits per heavy atom. The molecule has 0 aliphatic carbocycles. The first-order chi connectivity index (χ1) is 13.8. The van der Waals surface area contributed by atoms with Crippen LogP contribution in [0.2, 0.25) is 0 Å². The van der Waals surface area contributed by atoms with Crippen LogP contribution >= 0.6 is 0 Å². The number of benzene rings is 2. The molecule has 0 radical (unpaired) electrons. The Kier molecular flexibility index (Phi) is 4.14. The number of H-pyrrole nitrogens is 1. The first-order valence-corrected chi connectivity index (χ1v) is 9.26. The largest absolute Gasteiger partial charge is 0.378 e. The molecule has 1 aliphatic heterocycles. The molecule has 1 saturated heterocycles. The van der Waals surface area contributed by atoms with Crippen molar-refractivity contribution >= 4 is 17.0 Å². The fourth-order valence-electron chi connectivity index (χ4n) is 3.50. The fourth-order valence-corrected chi connectivity index (χ4v) is 3.50. The third-order valence-electron chi connectivity index (χ3n) is 4.95. The third-order valence-corrected chi connectivity index (χ3v) is 4.95. The standard InChI is InChI=1S/C21H19N5O2/c27-21-24-19-20(26(21)17-4-2-1-3-5-17)22-14-18(23-19)15-6-8-16(9-7-15)25-10-12-28-13-11-25/h1-9,14H,10-13H2,(H,23,24,27). The molecule has 4 aromatic rings. The number of aromatic nitrogens is 4. The molecule has 0 saturated carbocycles. The van der Waals surface area contributed by atoms with E-state index in [1.807, 2.05) is 42.5 Å². The Labute approximate surface area is 161 Å². The van der Waals surface area contributed by atoms with Crippen LogP contribution in [-0.4, -0.2) is 45.8 Å². The van der Waals surface area contributed by atoms with Crippen LogP contribution in [0.1, 0.15) is 0 Å². The molecule has 0 amide bonds. The Hall–Kier alpha value is -3.45. The Morgan fingerprint density at radius 3 is 2.43 bits per heavy atom. The molecular formula is C21H19N5O2. The molecule has 7 heteroatoms. The number of morpholine rings is 1. The number of nitrogens with one attached hydrogen (secondary N) is 1. The maximum atomic E-state index is 12.4. The van der Waals surface area contributed by atoms with Crippen LogP contribution in [0.3, 0.4) is 0 Å². The lowest BCUT2D eigenvalue weighted by Gasteiger charge is -2.28. The van der Waals surface area contributed by atoms with Crippen molar-refractivity contribution in [1.29, 1.82) is 0 Å². The normalized spacial score (nSPS) is 14.5. The van der Waals surface area contributed by atoms with E-state index in [0.717, 1.165) is 43.2 Å². The molecule has 0 bridgehead atoms. The molecule has 3 heterocycles. The van der Waals surface area contributed by atoms with Crippen LogP contribution in [0.25, 0.3) is 28.2 Å². The van der Waals surface area contributed by atoms with Gasteiger partial charge in [0.05, 0.1) is 30.8 Å². The molecule has 0 atom stereocenters. The molecule has 1 fully saturated rings. The van der Waals surface area contributed by atoms with Gasteiger partial charge in [-0.15, -0.1) is 0 Å². The van der Waals surface area contributed by atoms with Gasteiger partial charge in [0, 0.05) is 24.3 Å². The molecule has 2 aromatic heterocycles. The van der Waals surface area contributed by atoms with Gasteiger partial charge in [-0.1, -0.05) is 30.3 Å². The Morgan fingerprint density at radius 2 is 1.68 bits per heavy atom. The predicted octanol–water partition coefficient (Wildman–Crippen LogP) is 2.61. The summed E-state index contributed by atoms with van der Waals surface area (Å²) in [6.45, 7) is 3.32. The highest BCUT2D eigenvalue weighted by molar-refractivity contribution is 5.73. The number of fused-ring (bicyclic) bond motifs is 1. The number of rotatable bonds is 3. The number of hydrogen-bond donors (Lipinski definition) is 1. The summed E-state index contributed by atoms with van der Waals surface area (Å²) in [7, 11) is 0. The average Bonchev–Trinajstić information content (AvgIpc) is 3.10. The highest BCUT2D eigenvalue weighted by Gasteiger charge is 2.14. The summed E-state index contributed by atoms with van der Waals surface area (Å²) in [5.41, 5.74) is 4.36. The van der Waals surface area contributed by atoms with Gasteiger partial charge in [-0.2, -0.15) is 0 Å². The molecule has 0 unspecified atom stereocenters. The van der Waals surface area contributed by atoms with E-state index in [2.05, 4.69) is 32.0 Å². The van der Waals surface area contributed by atoms with Crippen LogP contribution < -0.4 is 10.6 Å². The lowest BCUT2D eigenvalue weighted by molar-refractivity contribution is 0.122. The summed E-state index contributed by atoms with van der Waals surface area (Å²) in [6, 6.07) is 17.7. The number of hydrogen-bond acceptors (Lipinski definition) is 5. The van der Waals surface area contributed by atoms with Gasteiger partial charge in [0.2, 0.25) is 0 Å². The second-order valence-corrected chi connectivity index (χ2v) is 6.67. The van der Waals surface area contributed by atoms with Crippen molar-refractivity contribution in [3.63, 3.8) is 0 Å². The summed E-state index contributed by atoms with van der Waals surface area (Å²) in [5, 5.41) is 0. The van der Waals surface area contributed by atoms with E-state index < -0.39 is 0 Å². The van der Waals surface area contributed by atoms with Gasteiger partial charge in [0.15, 0.2) is 11.3 Å². The summed E-state index contributed by atoms with van der Waals surface area (Å²) in [5.74, 6) is 0. The molecule has 7 nitrogen and oxygen atoms in total. The zero-order chi connectivity index (χ0) is 18.9. The van der Waals surface area contributed by atoms with Crippen molar-refractivity contribution in [2.45, 2.75) is 0 Å². The van der Waals surface area contributed by atoms with Gasteiger partial charge < -0.3 is 9.64 Å². The lowest BCUT2D eigenvalue weighted by atomic mass is 10.1. The minimum absolute atomic E-state index is 0.249. The lowest BCUT2D eigenvalue weighted by Crippen LogP contribution is -2.36. The van der Waals surface area contributed by atoms with E-state index in [0.29, 0.717) is 11.3 Å². The molecule has 5 rings (SSSR count). The van der Waals surface area contributed by atoms with Crippen molar-refractivity contribution in [3.05, 3.63) is 71.3 Å². The van der Waals surface area contributed by atoms with E-state index in [9.17, 15) is 4.79 Å². The summed E-state index contributed by atoms with van der Waals surface area (Å²) in [6.07, 6.45) is 1.71. The van der Waals surface area contributed by atoms with Crippen LogP contribution in [0.4, 0.5) is 5.69 Å². The first kappa shape index (κ1) is 16.7. The number of aromatic amines is 1. The zero-order valence-electron chi connectivity index (χ0n) is 15.2. The number of anilines is 1. The second kappa shape index (κ2) is 6.94. The number of imidazole rings is 1. The topological polar surface area (TPSA) is 76.0 Å². The van der Waals surface area contributed by atoms with Crippen LogP contribution in [0, 0.1) is 0 Å². The van der Waals surface area contributed by atoms with Gasteiger partial charge in [-0.3, -0.25) is 4.98 Å². The maximum Gasteiger partial charge on any atom is 0.333 e. The van der Waals surface area contributed by atoms with Crippen LogP contribution in [0.15, 0.2) is 65.6 Å². The summed E-state index contributed by atoms with van der Waals surface area (Å²) >= 11 is 0. The molecular weight excluding hydrogens is 354 g/mol. The van der Waals surface area contributed by atoms with Crippen molar-refractivity contribution in [1.82, 2.24) is 19.5 Å². The van der Waals surface area contributed by atoms with Gasteiger partial charge in [0.1, 0.15) is 0 Å². The number of para-hydroxylation sites is 1. The SMILES string of the molecule is O=c1[nH]c2nc(-c3ccc(N4CCOCC4)cc3)cnc2n1-c1ccccc1. The Balaban J connectivity index is 1.49. The average molecular weight is 373 g/mol. The molecule has 1 aliphatic rings. The number of ether oxygens (including phenoxy) is 1. The second-order valence-electron chi connectivity index (χ2n) is 6.67. The molecule has 2 aromatic carbocycles. The van der Waals surface area contributed by atoms with Crippen molar-refractivity contribution in [2.24, 2.45) is 0 Å². The molecule has 1 N–H and O–H groups in total. The van der Waals surface area contributed by atoms with Crippen LogP contribution in [-0.2, 0) is 4.74 Å². The molecule has 28 heavy (non-hydrogen) atoms. The fraction of sp³-hybridized carbons (Fsp3) is 0.190. The zero-order valence-corrected chi connectivity index (χ0v) is 15.2. The highest BCUT2D eigenvalue weighted by Crippen LogP contribution is 2.23. The van der Waals surface area contributed by atoms with Crippen molar-refractivity contribution < 1.29 is 4.74 Å². The molecule has 140 valence electrons.